The van der Waals surface area contributed by atoms with Crippen molar-refractivity contribution in [1.29, 1.82) is 0 Å². The Kier molecular flexibility index (Phi) is 3.40. The lowest BCUT2D eigenvalue weighted by atomic mass is 10.4. The molecule has 0 aliphatic heterocycles. The number of halogens is 2. The third-order valence-corrected chi connectivity index (χ3v) is 2.16. The molecule has 0 saturated carbocycles. The lowest BCUT2D eigenvalue weighted by molar-refractivity contribution is 0.584. The van der Waals surface area contributed by atoms with Crippen LogP contribution in [0, 0.1) is 6.92 Å². The summed E-state index contributed by atoms with van der Waals surface area (Å²) in [6.07, 6.45) is 2.69. The van der Waals surface area contributed by atoms with Gasteiger partial charge >= 0.3 is 0 Å². The first-order chi connectivity index (χ1) is 5.20. The van der Waals surface area contributed by atoms with Crippen molar-refractivity contribution >= 4 is 27.5 Å². The van der Waals surface area contributed by atoms with Gasteiger partial charge in [0.25, 0.3) is 0 Å². The Labute approximate surface area is 79.7 Å². The summed E-state index contributed by atoms with van der Waals surface area (Å²) in [5, 5.41) is 4.12. The number of hydrogen-bond donors (Lipinski definition) is 0. The van der Waals surface area contributed by atoms with E-state index in [0.29, 0.717) is 0 Å². The van der Waals surface area contributed by atoms with Crippen molar-refractivity contribution in [3.8, 4) is 0 Å². The van der Waals surface area contributed by atoms with Crippen molar-refractivity contribution in [2.24, 2.45) is 0 Å². The van der Waals surface area contributed by atoms with Crippen LogP contribution in [0.15, 0.2) is 12.3 Å². The topological polar surface area (TPSA) is 17.8 Å². The number of alkyl halides is 2. The van der Waals surface area contributed by atoms with Crippen LogP contribution in [0.4, 0.5) is 0 Å². The van der Waals surface area contributed by atoms with Crippen molar-refractivity contribution < 1.29 is 0 Å². The highest BCUT2D eigenvalue weighted by Crippen LogP contribution is 2.11. The molecule has 1 atom stereocenters. The molecular weight excluding hydrogens is 227 g/mol. The minimum absolute atomic E-state index is 0.0473. The predicted molar refractivity (Wildman–Crippen MR) is 50.1 cm³/mol. The van der Waals surface area contributed by atoms with E-state index in [2.05, 4.69) is 21.0 Å². The van der Waals surface area contributed by atoms with Crippen molar-refractivity contribution in [3.05, 3.63) is 18.0 Å². The Morgan fingerprint density at radius 1 is 1.82 bits per heavy atom. The van der Waals surface area contributed by atoms with Gasteiger partial charge in [-0.05, 0) is 19.4 Å². The molecule has 0 N–H and O–H groups in total. The fourth-order valence-electron chi connectivity index (χ4n) is 0.853. The minimum atomic E-state index is 0.0473. The van der Waals surface area contributed by atoms with Crippen LogP contribution in [0.2, 0.25) is 0 Å². The molecule has 1 heterocycles. The Morgan fingerprint density at radius 2 is 2.55 bits per heavy atom. The summed E-state index contributed by atoms with van der Waals surface area (Å²) < 4.78 is 1.99. The molecule has 0 aliphatic rings. The summed E-state index contributed by atoms with van der Waals surface area (Å²) in [4.78, 5) is 0. The highest BCUT2D eigenvalue weighted by molar-refractivity contribution is 9.10. The molecule has 11 heavy (non-hydrogen) atoms. The van der Waals surface area contributed by atoms with Crippen molar-refractivity contribution in [1.82, 2.24) is 9.78 Å². The maximum Gasteiger partial charge on any atom is 0.0903 e. The van der Waals surface area contributed by atoms with Gasteiger partial charge < -0.3 is 0 Å². The molecule has 0 amide bonds. The van der Waals surface area contributed by atoms with Gasteiger partial charge in [0, 0.05) is 18.4 Å². The zero-order chi connectivity index (χ0) is 8.27. The Hall–Kier alpha value is -0.0200. The molecule has 1 rings (SSSR count). The van der Waals surface area contributed by atoms with Crippen LogP contribution in [-0.4, -0.2) is 14.1 Å². The molecule has 0 saturated heterocycles. The molecule has 0 aromatic carbocycles. The molecule has 0 fully saturated rings. The summed E-state index contributed by atoms with van der Waals surface area (Å²) in [5.41, 5.74) is 1.18. The second-order valence-electron chi connectivity index (χ2n) is 2.38. The van der Waals surface area contributed by atoms with E-state index in [1.807, 2.05) is 17.7 Å². The molecule has 0 radical (unpaired) electrons. The maximum atomic E-state index is 5.72. The molecule has 0 bridgehead atoms. The zero-order valence-corrected chi connectivity index (χ0v) is 8.64. The summed E-state index contributed by atoms with van der Waals surface area (Å²) >= 11 is 8.99. The second-order valence-corrected chi connectivity index (χ2v) is 4.53. The molecular formula is C7H10BrClN2. The smallest absolute Gasteiger partial charge is 0.0903 e. The van der Waals surface area contributed by atoms with Crippen LogP contribution < -0.4 is 0 Å². The van der Waals surface area contributed by atoms with E-state index >= 15 is 0 Å². The normalized spacial score (nSPS) is 13.4. The second kappa shape index (κ2) is 4.12. The molecule has 1 aromatic rings. The molecule has 2 nitrogen and oxygen atoms in total. The molecule has 0 spiro atoms. The van der Waals surface area contributed by atoms with E-state index in [-0.39, 0.29) is 4.29 Å². The van der Waals surface area contributed by atoms with Gasteiger partial charge in [-0.3, -0.25) is 4.68 Å². The van der Waals surface area contributed by atoms with E-state index in [1.165, 1.54) is 5.69 Å². The highest BCUT2D eigenvalue weighted by Gasteiger charge is 2.00. The summed E-state index contributed by atoms with van der Waals surface area (Å²) in [5.74, 6) is 0. The Bertz CT molecular complexity index is 222. The average Bonchev–Trinajstić information content (AvgIpc) is 2.31. The summed E-state index contributed by atoms with van der Waals surface area (Å²) in [6.45, 7) is 2.91. The average molecular weight is 238 g/mol. The largest absolute Gasteiger partial charge is 0.270 e. The number of aromatic nitrogens is 2. The Balaban J connectivity index is 2.44. The number of hydrogen-bond acceptors (Lipinski definition) is 1. The minimum Gasteiger partial charge on any atom is -0.270 e. The van der Waals surface area contributed by atoms with E-state index in [9.17, 15) is 0 Å². The third kappa shape index (κ3) is 2.83. The van der Waals surface area contributed by atoms with Gasteiger partial charge in [-0.15, -0.1) is 11.6 Å². The standard InChI is InChI=1S/C7H10BrClN2/c1-6-2-4-10-11(6)5-3-7(8)9/h2,4,7H,3,5H2,1H3. The fraction of sp³-hybridized carbons (Fsp3) is 0.571. The fourth-order valence-corrected chi connectivity index (χ4v) is 1.16. The Morgan fingerprint density at radius 3 is 3.00 bits per heavy atom. The van der Waals surface area contributed by atoms with Gasteiger partial charge in [0.2, 0.25) is 0 Å². The number of rotatable bonds is 3. The van der Waals surface area contributed by atoms with E-state index in [4.69, 9.17) is 11.6 Å². The monoisotopic (exact) mass is 236 g/mol. The summed E-state index contributed by atoms with van der Waals surface area (Å²) in [6, 6.07) is 1.98. The van der Waals surface area contributed by atoms with Gasteiger partial charge in [0.15, 0.2) is 0 Å². The van der Waals surface area contributed by atoms with Gasteiger partial charge in [-0.2, -0.15) is 5.10 Å². The summed E-state index contributed by atoms with van der Waals surface area (Å²) in [7, 11) is 0. The zero-order valence-electron chi connectivity index (χ0n) is 6.30. The SMILES string of the molecule is Cc1ccnn1CCC(Cl)Br. The first kappa shape index (κ1) is 9.07. The van der Waals surface area contributed by atoms with E-state index < -0.39 is 0 Å². The van der Waals surface area contributed by atoms with Gasteiger partial charge in [0.05, 0.1) is 4.29 Å². The highest BCUT2D eigenvalue weighted by atomic mass is 79.9. The molecule has 1 unspecified atom stereocenters. The van der Waals surface area contributed by atoms with Crippen molar-refractivity contribution in [2.75, 3.05) is 0 Å². The van der Waals surface area contributed by atoms with Crippen LogP contribution in [0.1, 0.15) is 12.1 Å². The van der Waals surface area contributed by atoms with Crippen LogP contribution in [0.3, 0.4) is 0 Å². The van der Waals surface area contributed by atoms with Crippen LogP contribution in [0.25, 0.3) is 0 Å². The number of aryl methyl sites for hydroxylation is 2. The lowest BCUT2D eigenvalue weighted by Crippen LogP contribution is -2.04. The first-order valence-corrected chi connectivity index (χ1v) is 4.82. The third-order valence-electron chi connectivity index (χ3n) is 1.49. The molecule has 62 valence electrons. The van der Waals surface area contributed by atoms with E-state index in [1.54, 1.807) is 6.20 Å². The lowest BCUT2D eigenvalue weighted by Gasteiger charge is -2.03. The van der Waals surface area contributed by atoms with E-state index in [0.717, 1.165) is 13.0 Å². The maximum absolute atomic E-state index is 5.72. The molecule has 0 aliphatic carbocycles. The van der Waals surface area contributed by atoms with Crippen LogP contribution in [-0.2, 0) is 6.54 Å². The van der Waals surface area contributed by atoms with Gasteiger partial charge in [0.1, 0.15) is 0 Å². The van der Waals surface area contributed by atoms with Crippen molar-refractivity contribution in [3.63, 3.8) is 0 Å². The molecule has 1 aromatic heterocycles. The first-order valence-electron chi connectivity index (χ1n) is 3.46. The van der Waals surface area contributed by atoms with Crippen LogP contribution in [0.5, 0.6) is 0 Å². The van der Waals surface area contributed by atoms with Gasteiger partial charge in [-0.25, -0.2) is 0 Å². The predicted octanol–water partition coefficient (Wildman–Crippen LogP) is 2.54. The number of nitrogens with zero attached hydrogens (tertiary/aromatic N) is 2. The molecule has 4 heteroatoms. The van der Waals surface area contributed by atoms with Crippen molar-refractivity contribution in [2.45, 2.75) is 24.2 Å². The van der Waals surface area contributed by atoms with Gasteiger partial charge in [-0.1, -0.05) is 15.9 Å². The van der Waals surface area contributed by atoms with Crippen LogP contribution >= 0.6 is 27.5 Å². The quantitative estimate of drug-likeness (QED) is 0.739.